The van der Waals surface area contributed by atoms with Crippen LogP contribution in [0.15, 0.2) is 24.3 Å². The van der Waals surface area contributed by atoms with Crippen molar-refractivity contribution in [3.63, 3.8) is 0 Å². The largest absolute Gasteiger partial charge is 0.395 e. The van der Waals surface area contributed by atoms with Crippen LogP contribution in [0.2, 0.25) is 0 Å². The highest BCUT2D eigenvalue weighted by Crippen LogP contribution is 2.25. The molecule has 0 bridgehead atoms. The van der Waals surface area contributed by atoms with Crippen molar-refractivity contribution in [2.45, 2.75) is 26.8 Å². The molecule has 0 fully saturated rings. The lowest BCUT2D eigenvalue weighted by Crippen LogP contribution is -2.17. The monoisotopic (exact) mass is 328 g/mol. The molecule has 1 aromatic carbocycles. The first-order valence-electron chi connectivity index (χ1n) is 7.91. The van der Waals surface area contributed by atoms with Crippen molar-refractivity contribution in [2.24, 2.45) is 0 Å². The van der Waals surface area contributed by atoms with Gasteiger partial charge in [-0.3, -0.25) is 0 Å². The highest BCUT2D eigenvalue weighted by molar-refractivity contribution is 5.92. The van der Waals surface area contributed by atoms with Gasteiger partial charge in [0.15, 0.2) is 0 Å². The van der Waals surface area contributed by atoms with Crippen molar-refractivity contribution in [1.82, 2.24) is 9.97 Å². The number of nitrogens with one attached hydrogen (secondary N) is 4. The number of aliphatic hydroxyl groups excluding tert-OH is 1. The SMILES string of the molecule is Cc1ccc(Nc2nc(NCCO)nc(NC(C)C)c2C=N)cc1. The normalized spacial score (nSPS) is 10.5. The van der Waals surface area contributed by atoms with E-state index in [9.17, 15) is 0 Å². The zero-order chi connectivity index (χ0) is 17.5. The van der Waals surface area contributed by atoms with E-state index in [1.165, 1.54) is 11.8 Å². The van der Waals surface area contributed by atoms with E-state index in [0.717, 1.165) is 5.69 Å². The zero-order valence-corrected chi connectivity index (χ0v) is 14.2. The molecular formula is C17H24N6O. The summed E-state index contributed by atoms with van der Waals surface area (Å²) in [6, 6.07) is 8.09. The van der Waals surface area contributed by atoms with Gasteiger partial charge in [-0.2, -0.15) is 9.97 Å². The van der Waals surface area contributed by atoms with E-state index in [2.05, 4.69) is 25.9 Å². The maximum absolute atomic E-state index is 8.99. The topological polar surface area (TPSA) is 106 Å². The molecule has 0 spiro atoms. The Morgan fingerprint density at radius 3 is 2.42 bits per heavy atom. The number of nitrogens with zero attached hydrogens (tertiary/aromatic N) is 2. The Labute approximate surface area is 142 Å². The Hall–Kier alpha value is -2.67. The smallest absolute Gasteiger partial charge is 0.226 e. The first-order chi connectivity index (χ1) is 11.5. The number of aryl methyl sites for hydroxylation is 1. The number of hydrogen-bond donors (Lipinski definition) is 5. The molecule has 128 valence electrons. The number of aromatic nitrogens is 2. The van der Waals surface area contributed by atoms with Gasteiger partial charge in [0.2, 0.25) is 5.95 Å². The minimum atomic E-state index is -0.0106. The minimum absolute atomic E-state index is 0.0106. The predicted molar refractivity (Wildman–Crippen MR) is 98.7 cm³/mol. The molecule has 7 heteroatoms. The number of hydrogen-bond acceptors (Lipinski definition) is 7. The molecule has 5 N–H and O–H groups in total. The van der Waals surface area contributed by atoms with Crippen LogP contribution >= 0.6 is 0 Å². The maximum atomic E-state index is 8.99. The summed E-state index contributed by atoms with van der Waals surface area (Å²) in [7, 11) is 0. The Bertz CT molecular complexity index is 684. The molecule has 2 rings (SSSR count). The molecule has 0 atom stereocenters. The van der Waals surface area contributed by atoms with Crippen molar-refractivity contribution < 1.29 is 5.11 Å². The molecule has 2 aromatic rings. The van der Waals surface area contributed by atoms with E-state index in [1.54, 1.807) is 0 Å². The first-order valence-corrected chi connectivity index (χ1v) is 7.91. The Balaban J connectivity index is 2.41. The van der Waals surface area contributed by atoms with E-state index < -0.39 is 0 Å². The third kappa shape index (κ3) is 4.66. The van der Waals surface area contributed by atoms with Crippen LogP contribution in [-0.2, 0) is 0 Å². The lowest BCUT2D eigenvalue weighted by Gasteiger charge is -2.17. The van der Waals surface area contributed by atoms with Gasteiger partial charge in [-0.05, 0) is 32.9 Å². The molecule has 24 heavy (non-hydrogen) atoms. The quantitative estimate of drug-likeness (QED) is 0.477. The van der Waals surface area contributed by atoms with Crippen LogP contribution in [-0.4, -0.2) is 40.5 Å². The summed E-state index contributed by atoms with van der Waals surface area (Å²) in [6.07, 6.45) is 1.23. The fourth-order valence-electron chi connectivity index (χ4n) is 2.11. The van der Waals surface area contributed by atoms with E-state index in [1.807, 2.05) is 45.0 Å². The average molecular weight is 328 g/mol. The molecule has 0 aliphatic carbocycles. The second kappa shape index (κ2) is 8.26. The van der Waals surface area contributed by atoms with Crippen LogP contribution in [0.4, 0.5) is 23.3 Å². The van der Waals surface area contributed by atoms with Gasteiger partial charge in [-0.25, -0.2) is 0 Å². The number of rotatable bonds is 8. The van der Waals surface area contributed by atoms with Gasteiger partial charge >= 0.3 is 0 Å². The maximum Gasteiger partial charge on any atom is 0.226 e. The van der Waals surface area contributed by atoms with Crippen molar-refractivity contribution in [3.05, 3.63) is 35.4 Å². The van der Waals surface area contributed by atoms with Crippen molar-refractivity contribution in [2.75, 3.05) is 29.1 Å². The predicted octanol–water partition coefficient (Wildman–Crippen LogP) is 2.75. The van der Waals surface area contributed by atoms with Gasteiger partial charge in [0.1, 0.15) is 11.6 Å². The molecule has 0 amide bonds. The van der Waals surface area contributed by atoms with E-state index >= 15 is 0 Å². The molecule has 1 heterocycles. The zero-order valence-electron chi connectivity index (χ0n) is 14.2. The van der Waals surface area contributed by atoms with E-state index in [0.29, 0.717) is 29.7 Å². The number of benzene rings is 1. The summed E-state index contributed by atoms with van der Waals surface area (Å²) in [6.45, 7) is 6.38. The Morgan fingerprint density at radius 2 is 1.83 bits per heavy atom. The summed E-state index contributed by atoms with van der Waals surface area (Å²) in [5.74, 6) is 1.50. The molecule has 0 saturated carbocycles. The second-order valence-corrected chi connectivity index (χ2v) is 5.74. The molecule has 7 nitrogen and oxygen atoms in total. The van der Waals surface area contributed by atoms with Gasteiger partial charge in [-0.1, -0.05) is 17.7 Å². The van der Waals surface area contributed by atoms with E-state index in [-0.39, 0.29) is 12.6 Å². The first kappa shape index (κ1) is 17.7. The molecule has 0 unspecified atom stereocenters. The number of aliphatic hydroxyl groups is 1. The minimum Gasteiger partial charge on any atom is -0.395 e. The van der Waals surface area contributed by atoms with Crippen LogP contribution in [0.25, 0.3) is 0 Å². The average Bonchev–Trinajstić information content (AvgIpc) is 2.54. The highest BCUT2D eigenvalue weighted by Gasteiger charge is 2.14. The summed E-state index contributed by atoms with van der Waals surface area (Å²) in [5.41, 5.74) is 2.63. The van der Waals surface area contributed by atoms with Gasteiger partial charge in [0, 0.05) is 24.5 Å². The van der Waals surface area contributed by atoms with Crippen LogP contribution in [0.3, 0.4) is 0 Å². The molecule has 1 aromatic heterocycles. The van der Waals surface area contributed by atoms with Gasteiger partial charge < -0.3 is 26.5 Å². The molecule has 0 aliphatic heterocycles. The molecule has 0 saturated heterocycles. The van der Waals surface area contributed by atoms with Crippen molar-refractivity contribution in [3.8, 4) is 0 Å². The van der Waals surface area contributed by atoms with Crippen molar-refractivity contribution in [1.29, 1.82) is 5.41 Å². The fraction of sp³-hybridized carbons (Fsp3) is 0.353. The lowest BCUT2D eigenvalue weighted by molar-refractivity contribution is 0.311. The van der Waals surface area contributed by atoms with Crippen LogP contribution in [0.1, 0.15) is 25.0 Å². The summed E-state index contributed by atoms with van der Waals surface area (Å²) in [5, 5.41) is 26.2. The van der Waals surface area contributed by atoms with Crippen LogP contribution in [0.5, 0.6) is 0 Å². The summed E-state index contributed by atoms with van der Waals surface area (Å²) in [4.78, 5) is 8.83. The van der Waals surface area contributed by atoms with Gasteiger partial charge in [0.05, 0.1) is 12.2 Å². The third-order valence-corrected chi connectivity index (χ3v) is 3.22. The highest BCUT2D eigenvalue weighted by atomic mass is 16.3. The van der Waals surface area contributed by atoms with E-state index in [4.69, 9.17) is 10.5 Å². The van der Waals surface area contributed by atoms with Gasteiger partial charge in [-0.15, -0.1) is 0 Å². The summed E-state index contributed by atoms with van der Waals surface area (Å²) >= 11 is 0. The lowest BCUT2D eigenvalue weighted by atomic mass is 10.2. The van der Waals surface area contributed by atoms with Crippen molar-refractivity contribution >= 4 is 29.5 Å². The Morgan fingerprint density at radius 1 is 1.17 bits per heavy atom. The standard InChI is InChI=1S/C17H24N6O/c1-11(2)20-15-14(10-18)16(23-17(22-15)19-8-9-24)21-13-6-4-12(3)5-7-13/h4-7,10-11,18,24H,8-9H2,1-3H3,(H3,19,20,21,22,23). The van der Waals surface area contributed by atoms with Crippen LogP contribution < -0.4 is 16.0 Å². The number of anilines is 4. The fourth-order valence-corrected chi connectivity index (χ4v) is 2.11. The Kier molecular flexibility index (Phi) is 6.08. The molecule has 0 radical (unpaired) electrons. The molecular weight excluding hydrogens is 304 g/mol. The second-order valence-electron chi connectivity index (χ2n) is 5.74. The van der Waals surface area contributed by atoms with Crippen LogP contribution in [0, 0.1) is 12.3 Å². The summed E-state index contributed by atoms with van der Waals surface area (Å²) < 4.78 is 0. The molecule has 0 aliphatic rings. The van der Waals surface area contributed by atoms with Gasteiger partial charge in [0.25, 0.3) is 0 Å². The third-order valence-electron chi connectivity index (χ3n) is 3.22.